The first-order chi connectivity index (χ1) is 9.52. The van der Waals surface area contributed by atoms with Gasteiger partial charge in [-0.3, -0.25) is 4.79 Å². The molecule has 0 aliphatic heterocycles. The molecule has 1 heterocycles. The Kier molecular flexibility index (Phi) is 6.76. The van der Waals surface area contributed by atoms with Crippen LogP contribution in [0, 0.1) is 11.8 Å². The summed E-state index contributed by atoms with van der Waals surface area (Å²) in [6.45, 7) is 6.98. The van der Waals surface area contributed by atoms with E-state index in [-0.39, 0.29) is 0 Å². The van der Waals surface area contributed by atoms with Crippen LogP contribution in [0.1, 0.15) is 33.6 Å². The Morgan fingerprint density at radius 1 is 1.45 bits per heavy atom. The molecule has 1 atom stereocenters. The normalized spacial score (nSPS) is 12.2. The fourth-order valence-corrected chi connectivity index (χ4v) is 1.79. The Bertz CT molecular complexity index is 424. The molecule has 1 rings (SSSR count). The van der Waals surface area contributed by atoms with E-state index in [0.717, 1.165) is 6.42 Å². The number of ether oxygens (including phenoxy) is 1. The zero-order chi connectivity index (χ0) is 15.0. The van der Waals surface area contributed by atoms with E-state index in [1.165, 1.54) is 6.33 Å². The number of nitrogens with zero attached hydrogens (tertiary/aromatic N) is 2. The quantitative estimate of drug-likeness (QED) is 0.723. The van der Waals surface area contributed by atoms with Crippen LogP contribution in [-0.2, 0) is 4.79 Å². The molecule has 0 aromatic carbocycles. The van der Waals surface area contributed by atoms with E-state index in [4.69, 9.17) is 4.74 Å². The van der Waals surface area contributed by atoms with Gasteiger partial charge in [0.25, 0.3) is 0 Å². The Hall–Kier alpha value is -1.85. The van der Waals surface area contributed by atoms with Crippen molar-refractivity contribution in [2.24, 2.45) is 11.8 Å². The molecule has 0 radical (unpaired) electrons. The second-order valence-electron chi connectivity index (χ2n) is 5.14. The van der Waals surface area contributed by atoms with Crippen molar-refractivity contribution in [3.05, 3.63) is 12.4 Å². The van der Waals surface area contributed by atoms with Crippen LogP contribution in [0.4, 0.5) is 5.82 Å². The molecule has 20 heavy (non-hydrogen) atoms. The number of hydrogen-bond donors (Lipinski definition) is 2. The third-order valence-electron chi connectivity index (χ3n) is 2.73. The van der Waals surface area contributed by atoms with Crippen LogP contribution in [0.2, 0.25) is 0 Å². The summed E-state index contributed by atoms with van der Waals surface area (Å²) in [4.78, 5) is 19.2. The molecule has 0 amide bonds. The van der Waals surface area contributed by atoms with Crippen molar-refractivity contribution in [1.29, 1.82) is 0 Å². The molecular weight excluding hydrogens is 258 g/mol. The minimum absolute atomic E-state index is 0.340. The zero-order valence-electron chi connectivity index (χ0n) is 12.3. The Morgan fingerprint density at radius 3 is 2.80 bits per heavy atom. The van der Waals surface area contributed by atoms with E-state index < -0.39 is 11.9 Å². The number of nitrogens with one attached hydrogen (secondary N) is 1. The van der Waals surface area contributed by atoms with Crippen molar-refractivity contribution in [2.75, 3.05) is 18.5 Å². The standard InChI is InChI=1S/C14H23N3O3/c1-4-5-20-13-7-12(16-9-17-13)15-8-11(14(18)19)6-10(2)3/h7,9-11H,4-6,8H2,1-3H3,(H,18,19)(H,15,16,17). The SMILES string of the molecule is CCCOc1cc(NCC(CC(C)C)C(=O)O)ncn1. The van der Waals surface area contributed by atoms with Gasteiger partial charge in [-0.1, -0.05) is 20.8 Å². The molecule has 6 nitrogen and oxygen atoms in total. The van der Waals surface area contributed by atoms with E-state index >= 15 is 0 Å². The van der Waals surface area contributed by atoms with Crippen molar-refractivity contribution >= 4 is 11.8 Å². The molecule has 2 N–H and O–H groups in total. The molecular formula is C14H23N3O3. The molecule has 1 unspecified atom stereocenters. The fraction of sp³-hybridized carbons (Fsp3) is 0.643. The van der Waals surface area contributed by atoms with Gasteiger partial charge < -0.3 is 15.2 Å². The van der Waals surface area contributed by atoms with Gasteiger partial charge in [0.05, 0.1) is 12.5 Å². The van der Waals surface area contributed by atoms with Gasteiger partial charge in [0.15, 0.2) is 0 Å². The van der Waals surface area contributed by atoms with E-state index in [1.54, 1.807) is 6.07 Å². The molecule has 0 aliphatic carbocycles. The number of hydrogen-bond acceptors (Lipinski definition) is 5. The third kappa shape index (κ3) is 5.86. The minimum atomic E-state index is -0.789. The highest BCUT2D eigenvalue weighted by molar-refractivity contribution is 5.70. The van der Waals surface area contributed by atoms with Crippen LogP contribution in [0.3, 0.4) is 0 Å². The van der Waals surface area contributed by atoms with Gasteiger partial charge >= 0.3 is 5.97 Å². The Morgan fingerprint density at radius 2 is 2.20 bits per heavy atom. The maximum absolute atomic E-state index is 11.2. The van der Waals surface area contributed by atoms with Gasteiger partial charge in [0.2, 0.25) is 5.88 Å². The molecule has 0 aliphatic rings. The van der Waals surface area contributed by atoms with Crippen LogP contribution in [0.25, 0.3) is 0 Å². The van der Waals surface area contributed by atoms with Crippen LogP contribution in [-0.4, -0.2) is 34.2 Å². The van der Waals surface area contributed by atoms with Crippen molar-refractivity contribution in [3.63, 3.8) is 0 Å². The second-order valence-corrected chi connectivity index (χ2v) is 5.14. The van der Waals surface area contributed by atoms with Crippen molar-refractivity contribution in [3.8, 4) is 5.88 Å². The molecule has 112 valence electrons. The summed E-state index contributed by atoms with van der Waals surface area (Å²) in [7, 11) is 0. The molecule has 1 aromatic rings. The lowest BCUT2D eigenvalue weighted by Gasteiger charge is -2.15. The predicted molar refractivity (Wildman–Crippen MR) is 76.9 cm³/mol. The van der Waals surface area contributed by atoms with Gasteiger partial charge in [-0.25, -0.2) is 9.97 Å². The van der Waals surface area contributed by atoms with Gasteiger partial charge in [-0.05, 0) is 18.8 Å². The highest BCUT2D eigenvalue weighted by Gasteiger charge is 2.18. The molecule has 6 heteroatoms. The van der Waals surface area contributed by atoms with E-state index in [0.29, 0.717) is 37.2 Å². The Labute approximate surface area is 119 Å². The summed E-state index contributed by atoms with van der Waals surface area (Å²) in [6, 6.07) is 1.68. The Balaban J connectivity index is 2.56. The number of rotatable bonds is 9. The largest absolute Gasteiger partial charge is 0.481 e. The molecule has 0 saturated heterocycles. The first-order valence-corrected chi connectivity index (χ1v) is 6.94. The monoisotopic (exact) mass is 281 g/mol. The number of carboxylic acids is 1. The summed E-state index contributed by atoms with van der Waals surface area (Å²) < 4.78 is 5.41. The molecule has 0 saturated carbocycles. The lowest BCUT2D eigenvalue weighted by Crippen LogP contribution is -2.24. The van der Waals surface area contributed by atoms with Crippen molar-refractivity contribution < 1.29 is 14.6 Å². The highest BCUT2D eigenvalue weighted by Crippen LogP contribution is 2.15. The minimum Gasteiger partial charge on any atom is -0.481 e. The van der Waals surface area contributed by atoms with Crippen LogP contribution in [0.5, 0.6) is 5.88 Å². The lowest BCUT2D eigenvalue weighted by molar-refractivity contribution is -0.141. The second kappa shape index (κ2) is 8.35. The molecule has 0 spiro atoms. The van der Waals surface area contributed by atoms with E-state index in [9.17, 15) is 9.90 Å². The maximum atomic E-state index is 11.2. The first-order valence-electron chi connectivity index (χ1n) is 6.94. The average molecular weight is 281 g/mol. The average Bonchev–Trinajstić information content (AvgIpc) is 2.41. The van der Waals surface area contributed by atoms with E-state index in [2.05, 4.69) is 15.3 Å². The van der Waals surface area contributed by atoms with Gasteiger partial charge in [0, 0.05) is 12.6 Å². The van der Waals surface area contributed by atoms with Gasteiger partial charge in [-0.2, -0.15) is 0 Å². The summed E-state index contributed by atoms with van der Waals surface area (Å²) in [5.41, 5.74) is 0. The smallest absolute Gasteiger partial charge is 0.308 e. The first kappa shape index (κ1) is 16.2. The third-order valence-corrected chi connectivity index (χ3v) is 2.73. The number of carbonyl (C=O) groups is 1. The zero-order valence-corrected chi connectivity index (χ0v) is 12.3. The number of aromatic nitrogens is 2. The maximum Gasteiger partial charge on any atom is 0.308 e. The number of anilines is 1. The number of aliphatic carboxylic acids is 1. The highest BCUT2D eigenvalue weighted by atomic mass is 16.5. The molecule has 0 bridgehead atoms. The summed E-state index contributed by atoms with van der Waals surface area (Å²) >= 11 is 0. The number of carboxylic acid groups (broad SMARTS) is 1. The molecule has 0 fully saturated rings. The predicted octanol–water partition coefficient (Wildman–Crippen LogP) is 2.42. The summed E-state index contributed by atoms with van der Waals surface area (Å²) in [5.74, 6) is 0.209. The topological polar surface area (TPSA) is 84.3 Å². The summed E-state index contributed by atoms with van der Waals surface area (Å²) in [6.07, 6.45) is 2.94. The van der Waals surface area contributed by atoms with Gasteiger partial charge in [0.1, 0.15) is 12.1 Å². The van der Waals surface area contributed by atoms with Crippen LogP contribution in [0.15, 0.2) is 12.4 Å². The van der Waals surface area contributed by atoms with E-state index in [1.807, 2.05) is 20.8 Å². The van der Waals surface area contributed by atoms with Crippen LogP contribution >= 0.6 is 0 Å². The summed E-state index contributed by atoms with van der Waals surface area (Å²) in [5, 5.41) is 12.2. The van der Waals surface area contributed by atoms with Gasteiger partial charge in [-0.15, -0.1) is 0 Å². The fourth-order valence-electron chi connectivity index (χ4n) is 1.79. The lowest BCUT2D eigenvalue weighted by atomic mass is 9.97. The molecule has 1 aromatic heterocycles. The van der Waals surface area contributed by atoms with Crippen LogP contribution < -0.4 is 10.1 Å². The van der Waals surface area contributed by atoms with Crippen molar-refractivity contribution in [1.82, 2.24) is 9.97 Å². The van der Waals surface area contributed by atoms with Crippen molar-refractivity contribution in [2.45, 2.75) is 33.6 Å².